The Morgan fingerprint density at radius 3 is 2.71 bits per heavy atom. The van der Waals surface area contributed by atoms with Crippen LogP contribution in [0, 0.1) is 0 Å². The van der Waals surface area contributed by atoms with Gasteiger partial charge in [-0.25, -0.2) is 8.42 Å². The first kappa shape index (κ1) is 22.0. The van der Waals surface area contributed by atoms with E-state index in [1.807, 2.05) is 0 Å². The molecule has 152 valence electrons. The van der Waals surface area contributed by atoms with Crippen LogP contribution in [0.1, 0.15) is 0 Å². The van der Waals surface area contributed by atoms with Crippen molar-refractivity contribution in [1.82, 2.24) is 10.2 Å². The number of amides is 1. The molecular formula is C16H20N4O5S3. The van der Waals surface area contributed by atoms with Crippen LogP contribution in [-0.2, 0) is 14.8 Å². The smallest absolute Gasteiger partial charge is 0.246 e. The fraction of sp³-hybridized carbons (Fsp3) is 0.312. The summed E-state index contributed by atoms with van der Waals surface area (Å²) < 4.78 is 36.6. The molecule has 1 aromatic carbocycles. The highest BCUT2D eigenvalue weighted by atomic mass is 32.2. The molecule has 0 saturated carbocycles. The Morgan fingerprint density at radius 1 is 1.36 bits per heavy atom. The van der Waals surface area contributed by atoms with Gasteiger partial charge in [-0.2, -0.15) is 0 Å². The average molecular weight is 445 g/mol. The predicted molar refractivity (Wildman–Crippen MR) is 111 cm³/mol. The number of benzene rings is 1. The number of sulfonamides is 1. The number of methoxy groups -OCH3 is 2. The molecular weight excluding hydrogens is 424 g/mol. The molecule has 0 bridgehead atoms. The number of aromatic nitrogens is 2. The Kier molecular flexibility index (Phi) is 7.66. The maximum absolute atomic E-state index is 12.4. The summed E-state index contributed by atoms with van der Waals surface area (Å²) in [7, 11) is -0.909. The molecule has 9 nitrogen and oxygen atoms in total. The van der Waals surface area contributed by atoms with E-state index in [0.29, 0.717) is 15.8 Å². The lowest BCUT2D eigenvalue weighted by atomic mass is 10.2. The maximum atomic E-state index is 12.4. The van der Waals surface area contributed by atoms with Gasteiger partial charge in [-0.05, 0) is 12.1 Å². The van der Waals surface area contributed by atoms with E-state index in [1.54, 1.807) is 18.2 Å². The molecule has 0 aliphatic rings. The Hall–Kier alpha value is -2.31. The molecule has 2 aromatic rings. The maximum Gasteiger partial charge on any atom is 0.246 e. The van der Waals surface area contributed by atoms with Gasteiger partial charge < -0.3 is 9.47 Å². The van der Waals surface area contributed by atoms with Crippen molar-refractivity contribution in [3.63, 3.8) is 0 Å². The molecule has 1 aromatic heterocycles. The molecule has 2 rings (SSSR count). The molecule has 0 unspecified atom stereocenters. The average Bonchev–Trinajstić information content (AvgIpc) is 3.10. The summed E-state index contributed by atoms with van der Waals surface area (Å²) in [5.41, 5.74) is 0.194. The van der Waals surface area contributed by atoms with E-state index in [1.165, 1.54) is 43.4 Å². The van der Waals surface area contributed by atoms with Gasteiger partial charge in [-0.15, -0.1) is 16.8 Å². The molecule has 0 aliphatic carbocycles. The molecule has 0 spiro atoms. The van der Waals surface area contributed by atoms with Crippen LogP contribution >= 0.6 is 23.1 Å². The van der Waals surface area contributed by atoms with E-state index < -0.39 is 22.5 Å². The number of nitrogens with one attached hydrogen (secondary N) is 1. The van der Waals surface area contributed by atoms with Crippen molar-refractivity contribution < 1.29 is 22.7 Å². The van der Waals surface area contributed by atoms with Crippen LogP contribution in [0.2, 0.25) is 0 Å². The zero-order valence-corrected chi connectivity index (χ0v) is 18.0. The summed E-state index contributed by atoms with van der Waals surface area (Å²) in [6.07, 6.45) is 2.74. The van der Waals surface area contributed by atoms with E-state index >= 15 is 0 Å². The van der Waals surface area contributed by atoms with E-state index in [0.717, 1.165) is 10.6 Å². The third kappa shape index (κ3) is 5.84. The van der Waals surface area contributed by atoms with E-state index in [9.17, 15) is 13.2 Å². The summed E-state index contributed by atoms with van der Waals surface area (Å²) in [5.74, 6) is 0.822. The van der Waals surface area contributed by atoms with Crippen LogP contribution in [0.25, 0.3) is 0 Å². The lowest BCUT2D eigenvalue weighted by Crippen LogP contribution is -2.37. The van der Waals surface area contributed by atoms with Crippen LogP contribution in [0.4, 0.5) is 10.8 Å². The van der Waals surface area contributed by atoms with Crippen LogP contribution in [-0.4, -0.2) is 57.3 Å². The van der Waals surface area contributed by atoms with E-state index in [2.05, 4.69) is 22.1 Å². The summed E-state index contributed by atoms with van der Waals surface area (Å²) in [5, 5.41) is 10.7. The van der Waals surface area contributed by atoms with E-state index in [-0.39, 0.29) is 16.6 Å². The topological polar surface area (TPSA) is 111 Å². The lowest BCUT2D eigenvalue weighted by Gasteiger charge is -2.24. The first-order chi connectivity index (χ1) is 13.3. The quantitative estimate of drug-likeness (QED) is 0.337. The molecule has 28 heavy (non-hydrogen) atoms. The van der Waals surface area contributed by atoms with Crippen molar-refractivity contribution >= 4 is 49.8 Å². The number of nitrogens with zero attached hydrogens (tertiary/aromatic N) is 3. The summed E-state index contributed by atoms with van der Waals surface area (Å²) >= 11 is 2.62. The number of hydrogen-bond acceptors (Lipinski definition) is 9. The first-order valence-corrected chi connectivity index (χ1v) is 11.5. The minimum Gasteiger partial charge on any atom is -0.497 e. The lowest BCUT2D eigenvalue weighted by molar-refractivity contribution is -0.114. The third-order valence-corrected chi connectivity index (χ3v) is 6.41. The van der Waals surface area contributed by atoms with Crippen molar-refractivity contribution in [1.29, 1.82) is 0 Å². The zero-order chi connectivity index (χ0) is 20.7. The highest BCUT2D eigenvalue weighted by molar-refractivity contribution is 8.01. The highest BCUT2D eigenvalue weighted by Gasteiger charge is 2.25. The molecule has 0 saturated heterocycles. The molecule has 1 heterocycles. The molecule has 1 N–H and O–H groups in total. The van der Waals surface area contributed by atoms with Crippen LogP contribution in [0.5, 0.6) is 11.5 Å². The SMILES string of the molecule is C=CCSc1nnc(NC(=O)CN(c2cc(OC)ccc2OC)S(C)(=O)=O)s1. The number of carbonyl (C=O) groups is 1. The third-order valence-electron chi connectivity index (χ3n) is 3.32. The number of carbonyl (C=O) groups excluding carboxylic acids is 1. The largest absolute Gasteiger partial charge is 0.497 e. The van der Waals surface area contributed by atoms with Crippen molar-refractivity contribution in [3.05, 3.63) is 30.9 Å². The second kappa shape index (κ2) is 9.75. The van der Waals surface area contributed by atoms with Gasteiger partial charge in [0, 0.05) is 11.8 Å². The van der Waals surface area contributed by atoms with Crippen molar-refractivity contribution in [2.75, 3.05) is 42.4 Å². The predicted octanol–water partition coefficient (Wildman–Crippen LogP) is 2.24. The van der Waals surface area contributed by atoms with Gasteiger partial charge in [-0.1, -0.05) is 29.2 Å². The molecule has 0 aliphatic heterocycles. The van der Waals surface area contributed by atoms with Gasteiger partial charge >= 0.3 is 0 Å². The number of hydrogen-bond donors (Lipinski definition) is 1. The van der Waals surface area contributed by atoms with Crippen molar-refractivity contribution in [2.45, 2.75) is 4.34 Å². The van der Waals surface area contributed by atoms with Crippen LogP contribution < -0.4 is 19.1 Å². The summed E-state index contributed by atoms with van der Waals surface area (Å²) in [6.45, 7) is 3.16. The molecule has 0 atom stereocenters. The minimum atomic E-state index is -3.78. The Balaban J connectivity index is 2.22. The van der Waals surface area contributed by atoms with Gasteiger partial charge in [0.05, 0.1) is 26.2 Å². The number of thioether (sulfide) groups is 1. The molecule has 0 fully saturated rings. The standard InChI is InChI=1S/C16H20N4O5S3/c1-5-8-26-16-19-18-15(27-16)17-14(21)10-20(28(4,22)23)12-9-11(24-2)6-7-13(12)25-3/h5-7,9H,1,8,10H2,2-4H3,(H,17,18,21). The number of rotatable bonds is 10. The fourth-order valence-corrected chi connectivity index (χ4v) is 4.49. The summed E-state index contributed by atoms with van der Waals surface area (Å²) in [4.78, 5) is 12.4. The zero-order valence-electron chi connectivity index (χ0n) is 15.5. The second-order valence-corrected chi connectivity index (χ2v) is 9.48. The van der Waals surface area contributed by atoms with Crippen molar-refractivity contribution in [3.8, 4) is 11.5 Å². The Morgan fingerprint density at radius 2 is 2.11 bits per heavy atom. The van der Waals surface area contributed by atoms with Crippen LogP contribution in [0.15, 0.2) is 35.2 Å². The fourth-order valence-electron chi connectivity index (χ4n) is 2.11. The molecule has 1 amide bonds. The Labute approximate surface area is 171 Å². The summed E-state index contributed by atoms with van der Waals surface area (Å²) in [6, 6.07) is 4.69. The first-order valence-electron chi connectivity index (χ1n) is 7.85. The monoisotopic (exact) mass is 444 g/mol. The normalized spacial score (nSPS) is 11.0. The van der Waals surface area contributed by atoms with Gasteiger partial charge in [0.1, 0.15) is 18.0 Å². The minimum absolute atomic E-state index is 0.194. The van der Waals surface area contributed by atoms with Gasteiger partial charge in [0.15, 0.2) is 4.34 Å². The van der Waals surface area contributed by atoms with Crippen molar-refractivity contribution in [2.24, 2.45) is 0 Å². The van der Waals surface area contributed by atoms with Gasteiger partial charge in [0.25, 0.3) is 0 Å². The molecule has 12 heteroatoms. The van der Waals surface area contributed by atoms with Gasteiger partial charge in [-0.3, -0.25) is 14.4 Å². The molecule has 0 radical (unpaired) electrons. The Bertz CT molecular complexity index is 946. The van der Waals surface area contributed by atoms with Crippen LogP contribution in [0.3, 0.4) is 0 Å². The number of anilines is 2. The second-order valence-electron chi connectivity index (χ2n) is 5.33. The highest BCUT2D eigenvalue weighted by Crippen LogP contribution is 2.33. The van der Waals surface area contributed by atoms with E-state index in [4.69, 9.17) is 9.47 Å². The van der Waals surface area contributed by atoms with Gasteiger partial charge in [0.2, 0.25) is 21.1 Å². The number of ether oxygens (including phenoxy) is 2.